The molecule has 0 aliphatic carbocycles. The fourth-order valence-corrected chi connectivity index (χ4v) is 1.24. The number of nitrogens with zero attached hydrogens (tertiary/aromatic N) is 3. The van der Waals surface area contributed by atoms with Gasteiger partial charge in [-0.15, -0.1) is 0 Å². The highest BCUT2D eigenvalue weighted by atomic mass is 35.5. The van der Waals surface area contributed by atoms with Crippen LogP contribution in [0.25, 0.3) is 0 Å². The Morgan fingerprint density at radius 1 is 1.50 bits per heavy atom. The van der Waals surface area contributed by atoms with E-state index in [1.807, 2.05) is 6.92 Å². The van der Waals surface area contributed by atoms with E-state index in [2.05, 4.69) is 15.3 Å². The average molecular weight is 243 g/mol. The standard InChI is InChI=1S/C10H15ClN4O/c1-4-8-13-7(11)5-9(14-8)12-6-10(16)15(2)3/h5H,4,6H2,1-3H3,(H,12,13,14). The monoisotopic (exact) mass is 242 g/mol. The molecule has 0 radical (unpaired) electrons. The molecule has 1 rings (SSSR count). The molecule has 0 fully saturated rings. The molecule has 0 bridgehead atoms. The number of amides is 1. The number of aromatic nitrogens is 2. The van der Waals surface area contributed by atoms with Crippen LogP contribution in [0.2, 0.25) is 5.15 Å². The molecule has 1 aromatic rings. The second-order valence-corrected chi connectivity index (χ2v) is 3.87. The van der Waals surface area contributed by atoms with E-state index in [0.717, 1.165) is 0 Å². The van der Waals surface area contributed by atoms with Crippen LogP contribution in [0.3, 0.4) is 0 Å². The van der Waals surface area contributed by atoms with Crippen LogP contribution in [0.4, 0.5) is 5.82 Å². The van der Waals surface area contributed by atoms with Crippen molar-refractivity contribution in [3.8, 4) is 0 Å². The van der Waals surface area contributed by atoms with E-state index < -0.39 is 0 Å². The minimum absolute atomic E-state index is 0.0206. The van der Waals surface area contributed by atoms with Crippen molar-refractivity contribution < 1.29 is 4.79 Å². The molecule has 1 amide bonds. The molecule has 5 nitrogen and oxygen atoms in total. The number of rotatable bonds is 4. The highest BCUT2D eigenvalue weighted by molar-refractivity contribution is 6.29. The first-order chi connectivity index (χ1) is 7.52. The highest BCUT2D eigenvalue weighted by Crippen LogP contribution is 2.11. The van der Waals surface area contributed by atoms with Gasteiger partial charge >= 0.3 is 0 Å². The predicted molar refractivity (Wildman–Crippen MR) is 63.6 cm³/mol. The molecule has 1 heterocycles. The average Bonchev–Trinajstić information content (AvgIpc) is 2.24. The third-order valence-electron chi connectivity index (χ3n) is 1.98. The first-order valence-corrected chi connectivity index (χ1v) is 5.38. The maximum absolute atomic E-state index is 11.3. The lowest BCUT2D eigenvalue weighted by atomic mass is 10.4. The lowest BCUT2D eigenvalue weighted by Gasteiger charge is -2.11. The van der Waals surface area contributed by atoms with Gasteiger partial charge in [0.05, 0.1) is 6.54 Å². The number of halogens is 1. The van der Waals surface area contributed by atoms with E-state index in [9.17, 15) is 4.79 Å². The minimum Gasteiger partial charge on any atom is -0.361 e. The van der Waals surface area contributed by atoms with Crippen LogP contribution < -0.4 is 5.32 Å². The van der Waals surface area contributed by atoms with E-state index >= 15 is 0 Å². The Balaban J connectivity index is 2.67. The largest absolute Gasteiger partial charge is 0.361 e. The molecule has 88 valence electrons. The third kappa shape index (κ3) is 3.66. The Morgan fingerprint density at radius 2 is 2.19 bits per heavy atom. The van der Waals surface area contributed by atoms with Gasteiger partial charge in [0.25, 0.3) is 0 Å². The molecule has 1 aromatic heterocycles. The van der Waals surface area contributed by atoms with Gasteiger partial charge in [-0.05, 0) is 0 Å². The maximum atomic E-state index is 11.3. The number of nitrogens with one attached hydrogen (secondary N) is 1. The molecule has 0 aliphatic rings. The molecule has 0 saturated carbocycles. The number of likely N-dealkylation sites (N-methyl/N-ethyl adjacent to an activating group) is 1. The van der Waals surface area contributed by atoms with Crippen molar-refractivity contribution >= 4 is 23.3 Å². The number of hydrogen-bond acceptors (Lipinski definition) is 4. The van der Waals surface area contributed by atoms with Crippen LogP contribution in [-0.2, 0) is 11.2 Å². The zero-order valence-electron chi connectivity index (χ0n) is 9.62. The number of anilines is 1. The molecule has 0 aliphatic heterocycles. The van der Waals surface area contributed by atoms with Gasteiger partial charge < -0.3 is 10.2 Å². The summed E-state index contributed by atoms with van der Waals surface area (Å²) in [6, 6.07) is 1.60. The summed E-state index contributed by atoms with van der Waals surface area (Å²) in [5, 5.41) is 3.30. The summed E-state index contributed by atoms with van der Waals surface area (Å²) < 4.78 is 0. The first-order valence-electron chi connectivity index (χ1n) is 5.00. The van der Waals surface area contributed by atoms with Gasteiger partial charge in [-0.1, -0.05) is 18.5 Å². The molecule has 1 N–H and O–H groups in total. The molecule has 0 aromatic carbocycles. The molecule has 6 heteroatoms. The molecule has 0 saturated heterocycles. The molecular formula is C10H15ClN4O. The second-order valence-electron chi connectivity index (χ2n) is 3.49. The smallest absolute Gasteiger partial charge is 0.241 e. The number of hydrogen-bond donors (Lipinski definition) is 1. The van der Waals surface area contributed by atoms with Gasteiger partial charge in [0.15, 0.2) is 0 Å². The Bertz CT molecular complexity index is 381. The van der Waals surface area contributed by atoms with Gasteiger partial charge in [-0.25, -0.2) is 9.97 Å². The van der Waals surface area contributed by atoms with Crippen LogP contribution in [0.1, 0.15) is 12.7 Å². The topological polar surface area (TPSA) is 58.1 Å². The van der Waals surface area contributed by atoms with E-state index in [4.69, 9.17) is 11.6 Å². The van der Waals surface area contributed by atoms with E-state index in [0.29, 0.717) is 23.2 Å². The molecular weight excluding hydrogens is 228 g/mol. The summed E-state index contributed by atoms with van der Waals surface area (Å²) in [6.45, 7) is 2.14. The summed E-state index contributed by atoms with van der Waals surface area (Å²) in [7, 11) is 3.41. The Morgan fingerprint density at radius 3 is 2.75 bits per heavy atom. The van der Waals surface area contributed by atoms with E-state index in [1.165, 1.54) is 4.90 Å². The molecule has 0 unspecified atom stereocenters. The van der Waals surface area contributed by atoms with Gasteiger partial charge in [-0.2, -0.15) is 0 Å². The summed E-state index contributed by atoms with van der Waals surface area (Å²) in [5.74, 6) is 1.21. The molecule has 16 heavy (non-hydrogen) atoms. The SMILES string of the molecule is CCc1nc(Cl)cc(NCC(=O)N(C)C)n1. The predicted octanol–water partition coefficient (Wildman–Crippen LogP) is 1.19. The van der Waals surface area contributed by atoms with Gasteiger partial charge in [0.2, 0.25) is 5.91 Å². The zero-order valence-corrected chi connectivity index (χ0v) is 10.4. The normalized spacial score (nSPS) is 10.0. The molecule has 0 atom stereocenters. The number of carbonyl (C=O) groups is 1. The zero-order chi connectivity index (χ0) is 12.1. The minimum atomic E-state index is -0.0206. The lowest BCUT2D eigenvalue weighted by molar-refractivity contribution is -0.126. The van der Waals surface area contributed by atoms with Crippen molar-refractivity contribution in [3.63, 3.8) is 0 Å². The Hall–Kier alpha value is -1.36. The molecule has 0 spiro atoms. The van der Waals surface area contributed by atoms with E-state index in [1.54, 1.807) is 20.2 Å². The second kappa shape index (κ2) is 5.65. The number of aryl methyl sites for hydroxylation is 1. The van der Waals surface area contributed by atoms with E-state index in [-0.39, 0.29) is 12.5 Å². The van der Waals surface area contributed by atoms with Gasteiger partial charge in [-0.3, -0.25) is 4.79 Å². The first kappa shape index (κ1) is 12.7. The van der Waals surface area contributed by atoms with Crippen LogP contribution in [-0.4, -0.2) is 41.4 Å². The van der Waals surface area contributed by atoms with Crippen molar-refractivity contribution in [2.24, 2.45) is 0 Å². The summed E-state index contributed by atoms with van der Waals surface area (Å²) in [6.07, 6.45) is 0.705. The van der Waals surface area contributed by atoms with Gasteiger partial charge in [0, 0.05) is 26.6 Å². The lowest BCUT2D eigenvalue weighted by Crippen LogP contribution is -2.28. The van der Waals surface area contributed by atoms with Crippen LogP contribution in [0.5, 0.6) is 0 Å². The Labute approximate surface area is 99.8 Å². The van der Waals surface area contributed by atoms with Crippen molar-refractivity contribution in [1.29, 1.82) is 0 Å². The quantitative estimate of drug-likeness (QED) is 0.806. The van der Waals surface area contributed by atoms with Crippen LogP contribution >= 0.6 is 11.6 Å². The maximum Gasteiger partial charge on any atom is 0.241 e. The van der Waals surface area contributed by atoms with Gasteiger partial charge in [0.1, 0.15) is 16.8 Å². The fourth-order valence-electron chi connectivity index (χ4n) is 1.04. The van der Waals surface area contributed by atoms with Crippen molar-refractivity contribution in [3.05, 3.63) is 17.0 Å². The fraction of sp³-hybridized carbons (Fsp3) is 0.500. The Kier molecular flexibility index (Phi) is 4.49. The third-order valence-corrected chi connectivity index (χ3v) is 2.17. The van der Waals surface area contributed by atoms with Crippen molar-refractivity contribution in [2.75, 3.05) is 26.0 Å². The summed E-state index contributed by atoms with van der Waals surface area (Å²) in [4.78, 5) is 21.1. The van der Waals surface area contributed by atoms with Crippen LogP contribution in [0.15, 0.2) is 6.07 Å². The van der Waals surface area contributed by atoms with Crippen molar-refractivity contribution in [2.45, 2.75) is 13.3 Å². The summed E-state index contributed by atoms with van der Waals surface area (Å²) in [5.41, 5.74) is 0. The summed E-state index contributed by atoms with van der Waals surface area (Å²) >= 11 is 5.82. The highest BCUT2D eigenvalue weighted by Gasteiger charge is 2.05. The van der Waals surface area contributed by atoms with Crippen molar-refractivity contribution in [1.82, 2.24) is 14.9 Å². The number of carbonyl (C=O) groups excluding carboxylic acids is 1. The van der Waals surface area contributed by atoms with Crippen LogP contribution in [0, 0.1) is 0 Å².